The Bertz CT molecular complexity index is 1340. The minimum atomic E-state index is -0.934. The van der Waals surface area contributed by atoms with E-state index in [0.717, 1.165) is 12.0 Å². The van der Waals surface area contributed by atoms with Crippen LogP contribution in [0.2, 0.25) is 5.02 Å². The number of nitrogens with one attached hydrogen (secondary N) is 3. The molecule has 0 heterocycles. The molecular formula is C29H31ClN4O6. The highest BCUT2D eigenvalue weighted by atomic mass is 35.5. The van der Waals surface area contributed by atoms with Gasteiger partial charge >= 0.3 is 11.8 Å². The summed E-state index contributed by atoms with van der Waals surface area (Å²) in [5, 5.41) is 9.29. The van der Waals surface area contributed by atoms with Crippen molar-refractivity contribution in [2.45, 2.75) is 26.8 Å². The van der Waals surface area contributed by atoms with Crippen molar-refractivity contribution in [2.75, 3.05) is 25.6 Å². The molecule has 0 spiro atoms. The molecule has 0 fully saturated rings. The molecule has 0 unspecified atom stereocenters. The molecule has 0 bridgehead atoms. The van der Waals surface area contributed by atoms with E-state index in [1.165, 1.54) is 17.8 Å². The van der Waals surface area contributed by atoms with Crippen LogP contribution in [0.1, 0.15) is 30.5 Å². The molecule has 0 saturated heterocycles. The lowest BCUT2D eigenvalue weighted by atomic mass is 10.1. The lowest BCUT2D eigenvalue weighted by Gasteiger charge is -2.14. The maximum Gasteiger partial charge on any atom is 0.329 e. The van der Waals surface area contributed by atoms with Gasteiger partial charge < -0.3 is 24.8 Å². The van der Waals surface area contributed by atoms with Crippen molar-refractivity contribution < 1.29 is 28.6 Å². The predicted octanol–water partition coefficient (Wildman–Crippen LogP) is 4.09. The number of methoxy groups -OCH3 is 1. The number of anilines is 1. The third-order valence-corrected chi connectivity index (χ3v) is 5.80. The Morgan fingerprint density at radius 2 is 1.62 bits per heavy atom. The van der Waals surface area contributed by atoms with Gasteiger partial charge in [-0.1, -0.05) is 42.8 Å². The molecule has 0 aliphatic rings. The molecule has 0 atom stereocenters. The Hall–Kier alpha value is -4.57. The van der Waals surface area contributed by atoms with Gasteiger partial charge in [0.05, 0.1) is 25.0 Å². The van der Waals surface area contributed by atoms with Crippen LogP contribution in [-0.2, 0) is 27.3 Å². The van der Waals surface area contributed by atoms with Crippen molar-refractivity contribution in [1.29, 1.82) is 0 Å². The number of hydrogen-bond acceptors (Lipinski definition) is 7. The second kappa shape index (κ2) is 15.1. The van der Waals surface area contributed by atoms with Gasteiger partial charge in [0.15, 0.2) is 18.1 Å². The zero-order valence-corrected chi connectivity index (χ0v) is 23.2. The fraction of sp³-hybridized carbons (Fsp3) is 0.241. The van der Waals surface area contributed by atoms with Crippen molar-refractivity contribution in [2.24, 2.45) is 5.10 Å². The summed E-state index contributed by atoms with van der Waals surface area (Å²) in [4.78, 5) is 36.6. The number of nitrogens with zero attached hydrogens (tertiary/aromatic N) is 1. The van der Waals surface area contributed by atoms with Gasteiger partial charge in [-0.05, 0) is 66.4 Å². The van der Waals surface area contributed by atoms with E-state index in [1.54, 1.807) is 44.4 Å². The first-order valence-electron chi connectivity index (χ1n) is 12.5. The number of carbonyl (C=O) groups is 3. The number of hydrazone groups is 1. The van der Waals surface area contributed by atoms with E-state index in [9.17, 15) is 14.4 Å². The van der Waals surface area contributed by atoms with E-state index >= 15 is 0 Å². The molecular weight excluding hydrogens is 536 g/mol. The summed E-state index contributed by atoms with van der Waals surface area (Å²) in [6.45, 7) is 4.03. The number of hydrogen-bond donors (Lipinski definition) is 3. The fourth-order valence-corrected chi connectivity index (χ4v) is 3.72. The average molecular weight is 567 g/mol. The van der Waals surface area contributed by atoms with Crippen molar-refractivity contribution in [3.05, 3.63) is 82.4 Å². The van der Waals surface area contributed by atoms with E-state index in [0.29, 0.717) is 29.4 Å². The third-order valence-electron chi connectivity index (χ3n) is 5.52. The third kappa shape index (κ3) is 9.02. The minimum absolute atomic E-state index is 0.165. The van der Waals surface area contributed by atoms with Crippen LogP contribution >= 0.6 is 11.6 Å². The first-order valence-corrected chi connectivity index (χ1v) is 12.9. The number of rotatable bonds is 12. The number of aryl methyl sites for hydroxylation is 1. The molecule has 3 rings (SSSR count). The number of halogens is 1. The monoisotopic (exact) mass is 566 g/mol. The van der Waals surface area contributed by atoms with Gasteiger partial charge in [-0.2, -0.15) is 5.10 Å². The maximum atomic E-state index is 12.4. The van der Waals surface area contributed by atoms with Crippen molar-refractivity contribution in [3.8, 4) is 17.2 Å². The fourth-order valence-electron chi connectivity index (χ4n) is 3.45. The Kier molecular flexibility index (Phi) is 11.3. The standard InChI is InChI=1S/C29H31ClN4O6/c1-4-19-6-10-22(11-7-19)33-26(35)18-40-27-24(30)14-21(15-25(27)39-5-2)17-32-34-29(37)28(36)31-16-20-8-12-23(38-3)13-9-20/h6-15,17H,4-5,16,18H2,1-3H3,(H,31,36)(H,33,35)(H,34,37)/b32-17-. The molecule has 3 amide bonds. The van der Waals surface area contributed by atoms with Crippen LogP contribution in [0.4, 0.5) is 5.69 Å². The van der Waals surface area contributed by atoms with Gasteiger partial charge in [0.25, 0.3) is 5.91 Å². The second-order valence-corrected chi connectivity index (χ2v) is 8.79. The Morgan fingerprint density at radius 3 is 2.27 bits per heavy atom. The lowest BCUT2D eigenvalue weighted by molar-refractivity contribution is -0.139. The highest BCUT2D eigenvalue weighted by Crippen LogP contribution is 2.36. The summed E-state index contributed by atoms with van der Waals surface area (Å²) in [5.74, 6) is -0.963. The van der Waals surface area contributed by atoms with Gasteiger partial charge in [-0.25, -0.2) is 5.43 Å². The summed E-state index contributed by atoms with van der Waals surface area (Å²) in [6, 6.07) is 17.7. The van der Waals surface area contributed by atoms with Crippen molar-refractivity contribution in [3.63, 3.8) is 0 Å². The lowest BCUT2D eigenvalue weighted by Crippen LogP contribution is -2.37. The summed E-state index contributed by atoms with van der Waals surface area (Å²) in [7, 11) is 1.56. The zero-order chi connectivity index (χ0) is 28.9. The molecule has 210 valence electrons. The van der Waals surface area contributed by atoms with E-state index < -0.39 is 11.8 Å². The smallest absolute Gasteiger partial charge is 0.329 e. The minimum Gasteiger partial charge on any atom is -0.497 e. The van der Waals surface area contributed by atoms with Gasteiger partial charge in [-0.3, -0.25) is 14.4 Å². The Balaban J connectivity index is 1.55. The van der Waals surface area contributed by atoms with Crippen LogP contribution in [-0.4, -0.2) is 44.3 Å². The molecule has 3 aromatic rings. The molecule has 10 nitrogen and oxygen atoms in total. The topological polar surface area (TPSA) is 127 Å². The maximum absolute atomic E-state index is 12.4. The normalized spacial score (nSPS) is 10.6. The predicted molar refractivity (Wildman–Crippen MR) is 153 cm³/mol. The highest BCUT2D eigenvalue weighted by molar-refractivity contribution is 6.35. The van der Waals surface area contributed by atoms with E-state index in [-0.39, 0.29) is 29.8 Å². The number of benzene rings is 3. The van der Waals surface area contributed by atoms with Crippen molar-refractivity contribution in [1.82, 2.24) is 10.7 Å². The van der Waals surface area contributed by atoms with Crippen LogP contribution < -0.4 is 30.3 Å². The molecule has 0 saturated carbocycles. The summed E-state index contributed by atoms with van der Waals surface area (Å²) in [5.41, 5.74) is 5.27. The summed E-state index contributed by atoms with van der Waals surface area (Å²) < 4.78 is 16.4. The molecule has 0 aliphatic carbocycles. The van der Waals surface area contributed by atoms with Gasteiger partial charge in [0, 0.05) is 12.2 Å². The molecule has 0 radical (unpaired) electrons. The molecule has 0 aliphatic heterocycles. The number of amides is 3. The molecule has 0 aromatic heterocycles. The highest BCUT2D eigenvalue weighted by Gasteiger charge is 2.15. The van der Waals surface area contributed by atoms with Gasteiger partial charge in [0.2, 0.25) is 0 Å². The Morgan fingerprint density at radius 1 is 0.925 bits per heavy atom. The van der Waals surface area contributed by atoms with E-state index in [1.807, 2.05) is 24.3 Å². The first kappa shape index (κ1) is 30.0. The van der Waals surface area contributed by atoms with E-state index in [2.05, 4.69) is 28.1 Å². The summed E-state index contributed by atoms with van der Waals surface area (Å²) >= 11 is 6.40. The SMILES string of the molecule is CCOc1cc(/C=N\NC(=O)C(=O)NCc2ccc(OC)cc2)cc(Cl)c1OCC(=O)Nc1ccc(CC)cc1. The number of carbonyl (C=O) groups excluding carboxylic acids is 3. The molecule has 11 heteroatoms. The van der Waals surface area contributed by atoms with Crippen LogP contribution in [0, 0.1) is 0 Å². The van der Waals surface area contributed by atoms with E-state index in [4.69, 9.17) is 25.8 Å². The first-order chi connectivity index (χ1) is 19.3. The molecule has 40 heavy (non-hydrogen) atoms. The quantitative estimate of drug-likeness (QED) is 0.172. The van der Waals surface area contributed by atoms with Gasteiger partial charge in [-0.15, -0.1) is 0 Å². The van der Waals surface area contributed by atoms with Gasteiger partial charge in [0.1, 0.15) is 5.75 Å². The molecule has 3 aromatic carbocycles. The second-order valence-electron chi connectivity index (χ2n) is 8.38. The summed E-state index contributed by atoms with van der Waals surface area (Å²) in [6.07, 6.45) is 2.21. The average Bonchev–Trinajstić information content (AvgIpc) is 2.96. The van der Waals surface area contributed by atoms with Crippen LogP contribution in [0.25, 0.3) is 0 Å². The van der Waals surface area contributed by atoms with Crippen LogP contribution in [0.15, 0.2) is 65.8 Å². The van der Waals surface area contributed by atoms with Crippen LogP contribution in [0.5, 0.6) is 17.2 Å². The molecule has 3 N–H and O–H groups in total. The van der Waals surface area contributed by atoms with Crippen LogP contribution in [0.3, 0.4) is 0 Å². The number of ether oxygens (including phenoxy) is 3. The largest absolute Gasteiger partial charge is 0.497 e. The van der Waals surface area contributed by atoms with Crippen molar-refractivity contribution >= 4 is 41.2 Å². The zero-order valence-electron chi connectivity index (χ0n) is 22.5. The Labute approximate surface area is 237 Å².